The van der Waals surface area contributed by atoms with Crippen molar-refractivity contribution in [2.75, 3.05) is 78.3 Å². The normalized spacial score (nSPS) is 19.9. The van der Waals surface area contributed by atoms with E-state index in [-0.39, 0.29) is 32.7 Å². The third-order valence-corrected chi connectivity index (χ3v) is 8.76. The Kier molecular flexibility index (Phi) is 8.78. The summed E-state index contributed by atoms with van der Waals surface area (Å²) in [6.45, 7) is 3.26. The zero-order valence-corrected chi connectivity index (χ0v) is 19.8. The standard InChI is InChI=1S/C19H32N6O7S/c1-30-14-13-23-7-5-19(6-8-23,18(26)22-27)33(28,29)25-11-9-24(10-12-25)16-3-4-17(21-20-16)32-15-31-2/h3-4,27H,5-15H2,1-2H3,(H,22,26). The number of carbonyl (C=O) groups is 1. The maximum atomic E-state index is 13.6. The molecule has 2 aliphatic heterocycles. The van der Waals surface area contributed by atoms with E-state index >= 15 is 0 Å². The first kappa shape index (κ1) is 25.5. The van der Waals surface area contributed by atoms with Crippen molar-refractivity contribution >= 4 is 21.7 Å². The summed E-state index contributed by atoms with van der Waals surface area (Å²) in [6.07, 6.45) is 0.195. The first-order chi connectivity index (χ1) is 15.9. The van der Waals surface area contributed by atoms with E-state index in [9.17, 15) is 18.4 Å². The number of anilines is 1. The van der Waals surface area contributed by atoms with E-state index in [0.717, 1.165) is 0 Å². The van der Waals surface area contributed by atoms with Crippen LogP contribution in [0.1, 0.15) is 12.8 Å². The van der Waals surface area contributed by atoms with Crippen LogP contribution in [0.5, 0.6) is 5.88 Å². The zero-order valence-electron chi connectivity index (χ0n) is 19.0. The summed E-state index contributed by atoms with van der Waals surface area (Å²) < 4.78 is 42.0. The molecule has 1 aromatic rings. The van der Waals surface area contributed by atoms with E-state index < -0.39 is 20.7 Å². The largest absolute Gasteiger partial charge is 0.449 e. The Morgan fingerprint density at radius 1 is 1.09 bits per heavy atom. The minimum Gasteiger partial charge on any atom is -0.449 e. The average Bonchev–Trinajstić information content (AvgIpc) is 2.86. The number of piperidine rings is 1. The lowest BCUT2D eigenvalue weighted by atomic mass is 9.95. The molecule has 0 bridgehead atoms. The van der Waals surface area contributed by atoms with Crippen molar-refractivity contribution in [3.63, 3.8) is 0 Å². The molecule has 0 radical (unpaired) electrons. The number of likely N-dealkylation sites (tertiary alicyclic amines) is 1. The van der Waals surface area contributed by atoms with Gasteiger partial charge in [0.2, 0.25) is 15.9 Å². The number of sulfonamides is 1. The lowest BCUT2D eigenvalue weighted by Gasteiger charge is -2.43. The maximum absolute atomic E-state index is 13.6. The summed E-state index contributed by atoms with van der Waals surface area (Å²) >= 11 is 0. The number of piperazine rings is 1. The highest BCUT2D eigenvalue weighted by atomic mass is 32.2. The molecule has 3 heterocycles. The van der Waals surface area contributed by atoms with E-state index in [1.165, 1.54) is 11.4 Å². The number of hydrogen-bond donors (Lipinski definition) is 2. The number of methoxy groups -OCH3 is 2. The summed E-state index contributed by atoms with van der Waals surface area (Å²) in [4.78, 5) is 16.6. The van der Waals surface area contributed by atoms with E-state index in [1.807, 2.05) is 4.90 Å². The Labute approximate surface area is 193 Å². The molecule has 1 amide bonds. The van der Waals surface area contributed by atoms with Crippen molar-refractivity contribution in [1.29, 1.82) is 0 Å². The Bertz CT molecular complexity index is 869. The molecule has 0 unspecified atom stereocenters. The third-order valence-electron chi connectivity index (χ3n) is 6.14. The minimum absolute atomic E-state index is 0.0673. The second-order valence-electron chi connectivity index (χ2n) is 7.94. The Balaban J connectivity index is 1.66. The molecule has 2 saturated heterocycles. The van der Waals surface area contributed by atoms with Gasteiger partial charge in [0.25, 0.3) is 5.91 Å². The second kappa shape index (κ2) is 11.4. The van der Waals surface area contributed by atoms with Crippen LogP contribution in [0.15, 0.2) is 12.1 Å². The Morgan fingerprint density at radius 2 is 1.79 bits per heavy atom. The molecule has 0 saturated carbocycles. The van der Waals surface area contributed by atoms with Crippen LogP contribution in [-0.2, 0) is 24.3 Å². The molecule has 0 spiro atoms. The highest BCUT2D eigenvalue weighted by molar-refractivity contribution is 7.91. The van der Waals surface area contributed by atoms with Crippen molar-refractivity contribution < 1.29 is 32.6 Å². The summed E-state index contributed by atoms with van der Waals surface area (Å²) in [5.41, 5.74) is 1.60. The van der Waals surface area contributed by atoms with Gasteiger partial charge in [0.15, 0.2) is 17.4 Å². The fourth-order valence-electron chi connectivity index (χ4n) is 4.14. The molecular weight excluding hydrogens is 456 g/mol. The van der Waals surface area contributed by atoms with Gasteiger partial charge in [0.05, 0.1) is 6.61 Å². The number of rotatable bonds is 10. The maximum Gasteiger partial charge on any atom is 0.266 e. The summed E-state index contributed by atoms with van der Waals surface area (Å²) in [6, 6.07) is 3.42. The number of nitrogens with zero attached hydrogens (tertiary/aromatic N) is 5. The first-order valence-electron chi connectivity index (χ1n) is 10.7. The topological polar surface area (TPSA) is 147 Å². The van der Waals surface area contributed by atoms with Gasteiger partial charge in [-0.2, -0.15) is 4.31 Å². The van der Waals surface area contributed by atoms with Gasteiger partial charge in [-0.1, -0.05) is 0 Å². The predicted octanol–water partition coefficient (Wildman–Crippen LogP) is -1.10. The van der Waals surface area contributed by atoms with Crippen LogP contribution in [0, 0.1) is 0 Å². The molecule has 2 fully saturated rings. The number of aromatic nitrogens is 2. The lowest BCUT2D eigenvalue weighted by molar-refractivity contribution is -0.133. The quantitative estimate of drug-likeness (QED) is 0.235. The third kappa shape index (κ3) is 5.53. The van der Waals surface area contributed by atoms with Gasteiger partial charge in [0.1, 0.15) is 0 Å². The highest BCUT2D eigenvalue weighted by Gasteiger charge is 2.55. The van der Waals surface area contributed by atoms with Crippen molar-refractivity contribution in [2.45, 2.75) is 17.6 Å². The number of hydrogen-bond acceptors (Lipinski definition) is 11. The molecule has 0 aliphatic carbocycles. The first-order valence-corrected chi connectivity index (χ1v) is 12.2. The van der Waals surface area contributed by atoms with Gasteiger partial charge in [-0.15, -0.1) is 10.2 Å². The number of ether oxygens (including phenoxy) is 3. The SMILES string of the molecule is COCCN1CCC(C(=O)NO)(S(=O)(=O)N2CCN(c3ccc(OCOC)nn3)CC2)CC1. The lowest BCUT2D eigenvalue weighted by Crippen LogP contribution is -2.63. The number of hydroxylamine groups is 1. The molecule has 1 aromatic heterocycles. The molecule has 2 N–H and O–H groups in total. The van der Waals surface area contributed by atoms with Gasteiger partial charge in [0, 0.05) is 66.1 Å². The van der Waals surface area contributed by atoms with E-state index in [4.69, 9.17) is 14.2 Å². The molecule has 0 aromatic carbocycles. The fourth-order valence-corrected chi connectivity index (χ4v) is 6.26. The predicted molar refractivity (Wildman–Crippen MR) is 117 cm³/mol. The van der Waals surface area contributed by atoms with Gasteiger partial charge in [-0.3, -0.25) is 10.0 Å². The monoisotopic (exact) mass is 488 g/mol. The van der Waals surface area contributed by atoms with Crippen molar-refractivity contribution in [3.05, 3.63) is 12.1 Å². The van der Waals surface area contributed by atoms with Gasteiger partial charge in [-0.05, 0) is 18.9 Å². The minimum atomic E-state index is -4.02. The molecular formula is C19H32N6O7S. The second-order valence-corrected chi connectivity index (χ2v) is 10.2. The van der Waals surface area contributed by atoms with Crippen LogP contribution in [0.25, 0.3) is 0 Å². The van der Waals surface area contributed by atoms with Gasteiger partial charge in [-0.25, -0.2) is 13.9 Å². The fraction of sp³-hybridized carbons (Fsp3) is 0.737. The van der Waals surface area contributed by atoms with Crippen LogP contribution in [0.3, 0.4) is 0 Å². The van der Waals surface area contributed by atoms with Crippen molar-refractivity contribution in [2.24, 2.45) is 0 Å². The highest BCUT2D eigenvalue weighted by Crippen LogP contribution is 2.34. The number of nitrogens with one attached hydrogen (secondary N) is 1. The molecule has 14 heteroatoms. The Morgan fingerprint density at radius 3 is 2.33 bits per heavy atom. The van der Waals surface area contributed by atoms with Crippen molar-refractivity contribution in [1.82, 2.24) is 24.9 Å². The van der Waals surface area contributed by atoms with Crippen LogP contribution in [-0.4, -0.2) is 117 Å². The molecule has 186 valence electrons. The summed E-state index contributed by atoms with van der Waals surface area (Å²) in [5, 5.41) is 17.5. The van der Waals surface area contributed by atoms with Crippen LogP contribution < -0.4 is 15.1 Å². The van der Waals surface area contributed by atoms with Crippen LogP contribution in [0.2, 0.25) is 0 Å². The number of carbonyl (C=O) groups excluding carboxylic acids is 1. The molecule has 0 atom stereocenters. The Hall–Kier alpha value is -2.10. The zero-order chi connectivity index (χ0) is 23.9. The van der Waals surface area contributed by atoms with E-state index in [1.54, 1.807) is 24.7 Å². The van der Waals surface area contributed by atoms with Crippen LogP contribution >= 0.6 is 0 Å². The molecule has 13 nitrogen and oxygen atoms in total. The van der Waals surface area contributed by atoms with Gasteiger partial charge < -0.3 is 24.0 Å². The van der Waals surface area contributed by atoms with Crippen LogP contribution in [0.4, 0.5) is 5.82 Å². The average molecular weight is 489 g/mol. The van der Waals surface area contributed by atoms with E-state index in [2.05, 4.69) is 15.1 Å². The van der Waals surface area contributed by atoms with Gasteiger partial charge >= 0.3 is 0 Å². The summed E-state index contributed by atoms with van der Waals surface area (Å²) in [7, 11) is -0.906. The summed E-state index contributed by atoms with van der Waals surface area (Å²) in [5.74, 6) is 0.0514. The molecule has 33 heavy (non-hydrogen) atoms. The molecule has 2 aliphatic rings. The molecule has 3 rings (SSSR count). The smallest absolute Gasteiger partial charge is 0.266 e. The number of amides is 1. The van der Waals surface area contributed by atoms with E-state index in [0.29, 0.717) is 51.0 Å². The van der Waals surface area contributed by atoms with Crippen molar-refractivity contribution in [3.8, 4) is 5.88 Å².